The maximum atomic E-state index is 12.8. The fraction of sp³-hybridized carbons (Fsp3) is 0.286. The molecule has 1 amide bonds. The summed E-state index contributed by atoms with van der Waals surface area (Å²) < 4.78 is 12.6. The van der Waals surface area contributed by atoms with Crippen molar-refractivity contribution < 1.29 is 13.9 Å². The second-order valence-electron chi connectivity index (χ2n) is 6.15. The third kappa shape index (κ3) is 4.78. The molecule has 0 aliphatic rings. The highest BCUT2D eigenvalue weighted by molar-refractivity contribution is 9.10. The maximum Gasteiger partial charge on any atom is 0.256 e. The molecule has 1 aromatic carbocycles. The number of benzene rings is 1. The predicted octanol–water partition coefficient (Wildman–Crippen LogP) is 4.75. The number of rotatable bonds is 7. The van der Waals surface area contributed by atoms with Crippen LogP contribution in [0.4, 0.5) is 5.69 Å². The number of pyridine rings is 1. The van der Waals surface area contributed by atoms with Crippen molar-refractivity contribution >= 4 is 38.5 Å². The fourth-order valence-corrected chi connectivity index (χ4v) is 3.15. The van der Waals surface area contributed by atoms with Crippen molar-refractivity contribution in [3.8, 4) is 5.75 Å². The van der Waals surface area contributed by atoms with E-state index in [2.05, 4.69) is 38.1 Å². The summed E-state index contributed by atoms with van der Waals surface area (Å²) >= 11 is 3.48. The van der Waals surface area contributed by atoms with Crippen LogP contribution in [0.5, 0.6) is 5.75 Å². The van der Waals surface area contributed by atoms with Crippen LogP contribution in [0.25, 0.3) is 11.0 Å². The molecule has 1 N–H and O–H groups in total. The van der Waals surface area contributed by atoms with Gasteiger partial charge >= 0.3 is 0 Å². The van der Waals surface area contributed by atoms with E-state index in [0.717, 1.165) is 22.7 Å². The van der Waals surface area contributed by atoms with Gasteiger partial charge in [0.2, 0.25) is 5.55 Å². The first-order chi connectivity index (χ1) is 13.6. The molecule has 0 saturated heterocycles. The maximum absolute atomic E-state index is 12.8. The van der Waals surface area contributed by atoms with E-state index < -0.39 is 0 Å². The van der Waals surface area contributed by atoms with Crippen molar-refractivity contribution in [2.45, 2.75) is 26.7 Å². The van der Waals surface area contributed by atoms with Gasteiger partial charge in [-0.3, -0.25) is 9.78 Å². The van der Waals surface area contributed by atoms with Crippen LogP contribution in [0.1, 0.15) is 37.0 Å². The summed E-state index contributed by atoms with van der Waals surface area (Å²) in [5, 5.41) is 3.68. The number of carbonyl (C=O) groups is 1. The second-order valence-corrected chi connectivity index (χ2v) is 7.07. The summed E-state index contributed by atoms with van der Waals surface area (Å²) in [5.74, 6) is 0.368. The van der Waals surface area contributed by atoms with Gasteiger partial charge in [0.15, 0.2) is 11.3 Å². The number of nitrogens with one attached hydrogen (secondary N) is 1. The Balaban J connectivity index is 2.19. The zero-order chi connectivity index (χ0) is 19.9. The molecule has 7 heteroatoms. The van der Waals surface area contributed by atoms with Crippen LogP contribution in [-0.4, -0.2) is 24.0 Å². The summed E-state index contributed by atoms with van der Waals surface area (Å²) in [6, 6.07) is 9.09. The van der Waals surface area contributed by atoms with Gasteiger partial charge in [-0.2, -0.15) is 0 Å². The topological polar surface area (TPSA) is 76.7 Å². The number of aromatic nitrogens is 1. The average Bonchev–Trinajstić information content (AvgIpc) is 2.69. The Hall–Kier alpha value is -2.67. The highest BCUT2D eigenvalue weighted by Crippen LogP contribution is 2.30. The lowest BCUT2D eigenvalue weighted by Crippen LogP contribution is -2.29. The van der Waals surface area contributed by atoms with E-state index in [1.54, 1.807) is 30.6 Å². The SMILES string of the molecule is CCCCNC(=O)c1cc2cc(Br)cc(OCC)c2oc1=Nc1cccnc1. The summed E-state index contributed by atoms with van der Waals surface area (Å²) in [6.07, 6.45) is 5.19. The van der Waals surface area contributed by atoms with Crippen LogP contribution in [0.2, 0.25) is 0 Å². The van der Waals surface area contributed by atoms with Gasteiger partial charge in [-0.15, -0.1) is 0 Å². The number of halogens is 1. The molecule has 6 nitrogen and oxygen atoms in total. The van der Waals surface area contributed by atoms with Gasteiger partial charge < -0.3 is 14.5 Å². The van der Waals surface area contributed by atoms with E-state index >= 15 is 0 Å². The largest absolute Gasteiger partial charge is 0.490 e. The highest BCUT2D eigenvalue weighted by Gasteiger charge is 2.15. The molecular weight excluding hydrogens is 422 g/mol. The second kappa shape index (κ2) is 9.50. The van der Waals surface area contributed by atoms with Crippen LogP contribution in [0.15, 0.2) is 56.6 Å². The first-order valence-corrected chi connectivity index (χ1v) is 10.0. The molecule has 28 heavy (non-hydrogen) atoms. The van der Waals surface area contributed by atoms with Crippen molar-refractivity contribution in [1.29, 1.82) is 0 Å². The molecule has 146 valence electrons. The number of amides is 1. The third-order valence-electron chi connectivity index (χ3n) is 4.01. The Morgan fingerprint density at radius 1 is 1.32 bits per heavy atom. The van der Waals surface area contributed by atoms with Crippen LogP contribution in [-0.2, 0) is 0 Å². The van der Waals surface area contributed by atoms with Crippen molar-refractivity contribution in [2.24, 2.45) is 4.99 Å². The monoisotopic (exact) mass is 443 g/mol. The lowest BCUT2D eigenvalue weighted by molar-refractivity contribution is 0.0949. The summed E-state index contributed by atoms with van der Waals surface area (Å²) in [7, 11) is 0. The molecule has 0 fully saturated rings. The molecule has 0 radical (unpaired) electrons. The van der Waals surface area contributed by atoms with Gasteiger partial charge in [0.1, 0.15) is 5.56 Å². The minimum Gasteiger partial charge on any atom is -0.490 e. The van der Waals surface area contributed by atoms with Crippen LogP contribution >= 0.6 is 15.9 Å². The Labute approximate surface area is 171 Å². The van der Waals surface area contributed by atoms with Gasteiger partial charge in [-0.1, -0.05) is 29.3 Å². The van der Waals surface area contributed by atoms with E-state index in [9.17, 15) is 4.79 Å². The van der Waals surface area contributed by atoms with E-state index in [0.29, 0.717) is 35.7 Å². The van der Waals surface area contributed by atoms with Crippen molar-refractivity contribution in [1.82, 2.24) is 10.3 Å². The standard InChI is InChI=1S/C21H22BrN3O3/c1-3-5-9-24-20(26)17-11-14-10-15(22)12-18(27-4-2)19(14)28-21(17)25-16-7-6-8-23-13-16/h6-8,10-13H,3-5,9H2,1-2H3,(H,24,26). The first-order valence-electron chi connectivity index (χ1n) is 9.25. The van der Waals surface area contributed by atoms with Crippen LogP contribution < -0.4 is 15.6 Å². The molecule has 0 aliphatic heterocycles. The molecule has 0 bridgehead atoms. The smallest absolute Gasteiger partial charge is 0.256 e. The molecule has 0 aliphatic carbocycles. The van der Waals surface area contributed by atoms with E-state index in [-0.39, 0.29) is 11.5 Å². The van der Waals surface area contributed by atoms with E-state index in [1.165, 1.54) is 0 Å². The van der Waals surface area contributed by atoms with E-state index in [4.69, 9.17) is 9.15 Å². The average molecular weight is 444 g/mol. The van der Waals surface area contributed by atoms with Gasteiger partial charge in [0.25, 0.3) is 5.91 Å². The lowest BCUT2D eigenvalue weighted by atomic mass is 10.1. The molecule has 0 spiro atoms. The number of hydrogen-bond donors (Lipinski definition) is 1. The summed E-state index contributed by atoms with van der Waals surface area (Å²) in [6.45, 7) is 5.08. The fourth-order valence-electron chi connectivity index (χ4n) is 2.69. The number of unbranched alkanes of at least 4 members (excludes halogenated alkanes) is 1. The predicted molar refractivity (Wildman–Crippen MR) is 112 cm³/mol. The third-order valence-corrected chi connectivity index (χ3v) is 4.47. The minimum atomic E-state index is -0.223. The molecule has 3 rings (SSSR count). The van der Waals surface area contributed by atoms with Crippen molar-refractivity contribution in [2.75, 3.05) is 13.2 Å². The number of ether oxygens (including phenoxy) is 1. The Morgan fingerprint density at radius 2 is 2.18 bits per heavy atom. The van der Waals surface area contributed by atoms with Crippen LogP contribution in [0.3, 0.4) is 0 Å². The normalized spacial score (nSPS) is 11.6. The Bertz CT molecular complexity index is 1030. The number of fused-ring (bicyclic) bond motifs is 1. The molecule has 0 saturated carbocycles. The molecule has 0 atom stereocenters. The van der Waals surface area contributed by atoms with Crippen molar-refractivity contribution in [3.63, 3.8) is 0 Å². The van der Waals surface area contributed by atoms with E-state index in [1.807, 2.05) is 19.1 Å². The molecule has 0 unspecified atom stereocenters. The highest BCUT2D eigenvalue weighted by atomic mass is 79.9. The molecule has 2 aromatic heterocycles. The van der Waals surface area contributed by atoms with Gasteiger partial charge in [0.05, 0.1) is 18.5 Å². The lowest BCUT2D eigenvalue weighted by Gasteiger charge is -2.10. The van der Waals surface area contributed by atoms with Crippen LogP contribution in [0, 0.1) is 0 Å². The number of hydrogen-bond acceptors (Lipinski definition) is 5. The first kappa shape index (κ1) is 20.1. The Kier molecular flexibility index (Phi) is 6.81. The quantitative estimate of drug-likeness (QED) is 0.534. The molecule has 2 heterocycles. The summed E-state index contributed by atoms with van der Waals surface area (Å²) in [5.41, 5.74) is 1.73. The number of carbonyl (C=O) groups excluding carboxylic acids is 1. The zero-order valence-electron chi connectivity index (χ0n) is 15.9. The number of nitrogens with zero attached hydrogens (tertiary/aromatic N) is 2. The van der Waals surface area contributed by atoms with Gasteiger partial charge in [0, 0.05) is 22.6 Å². The Morgan fingerprint density at radius 3 is 2.89 bits per heavy atom. The summed E-state index contributed by atoms with van der Waals surface area (Å²) in [4.78, 5) is 21.4. The van der Waals surface area contributed by atoms with Gasteiger partial charge in [-0.25, -0.2) is 4.99 Å². The molecule has 3 aromatic rings. The minimum absolute atomic E-state index is 0.220. The zero-order valence-corrected chi connectivity index (χ0v) is 17.5. The molecular formula is C21H22BrN3O3. The van der Waals surface area contributed by atoms with Gasteiger partial charge in [-0.05, 0) is 43.7 Å². The van der Waals surface area contributed by atoms with Crippen molar-refractivity contribution in [3.05, 3.63) is 58.3 Å².